The topological polar surface area (TPSA) is 59.6 Å². The smallest absolute Gasteiger partial charge is 0.226 e. The molecule has 0 saturated heterocycles. The van der Waals surface area contributed by atoms with Crippen LogP contribution in [-0.2, 0) is 17.9 Å². The molecule has 0 aromatic heterocycles. The standard InChI is InChI=1S/C25H26Cl2N2O3/c1-16(2)25(30)29-19-10-8-18(9-11-19)28-14-17-7-12-23(24(13-17)31-3)32-15-20-21(26)5-4-6-22(20)27/h4-13,16,28H,14-15H2,1-3H3,(H,29,30). The average molecular weight is 473 g/mol. The van der Waals surface area contributed by atoms with Gasteiger partial charge in [0.05, 0.1) is 7.11 Å². The highest BCUT2D eigenvalue weighted by molar-refractivity contribution is 6.35. The first-order valence-corrected chi connectivity index (χ1v) is 11.0. The second-order valence-electron chi connectivity index (χ2n) is 7.55. The minimum absolute atomic E-state index is 0.00285. The minimum atomic E-state index is -0.0589. The Balaban J connectivity index is 1.60. The Morgan fingerprint density at radius 3 is 2.22 bits per heavy atom. The van der Waals surface area contributed by atoms with Crippen LogP contribution in [0.4, 0.5) is 11.4 Å². The van der Waals surface area contributed by atoms with E-state index in [0.717, 1.165) is 22.5 Å². The number of hydrogen-bond donors (Lipinski definition) is 2. The number of hydrogen-bond acceptors (Lipinski definition) is 4. The fourth-order valence-corrected chi connectivity index (χ4v) is 3.43. The molecule has 0 bridgehead atoms. The number of carbonyl (C=O) groups is 1. The Morgan fingerprint density at radius 1 is 0.938 bits per heavy atom. The SMILES string of the molecule is COc1cc(CNc2ccc(NC(=O)C(C)C)cc2)ccc1OCc1c(Cl)cccc1Cl. The number of nitrogens with one attached hydrogen (secondary N) is 2. The van der Waals surface area contributed by atoms with Gasteiger partial charge in [-0.05, 0) is 54.1 Å². The van der Waals surface area contributed by atoms with Crippen molar-refractivity contribution in [1.29, 1.82) is 0 Å². The molecular formula is C25H26Cl2N2O3. The van der Waals surface area contributed by atoms with Gasteiger partial charge in [0.15, 0.2) is 11.5 Å². The van der Waals surface area contributed by atoms with Gasteiger partial charge < -0.3 is 20.1 Å². The van der Waals surface area contributed by atoms with Crippen molar-refractivity contribution in [2.75, 3.05) is 17.7 Å². The number of anilines is 2. The first-order chi connectivity index (χ1) is 15.4. The highest BCUT2D eigenvalue weighted by Crippen LogP contribution is 2.31. The molecule has 32 heavy (non-hydrogen) atoms. The van der Waals surface area contributed by atoms with Crippen molar-refractivity contribution in [2.24, 2.45) is 5.92 Å². The summed E-state index contributed by atoms with van der Waals surface area (Å²) in [6, 6.07) is 18.7. The van der Waals surface area contributed by atoms with Crippen molar-refractivity contribution >= 4 is 40.5 Å². The molecule has 7 heteroatoms. The van der Waals surface area contributed by atoms with Crippen molar-refractivity contribution < 1.29 is 14.3 Å². The van der Waals surface area contributed by atoms with E-state index in [-0.39, 0.29) is 18.4 Å². The van der Waals surface area contributed by atoms with Gasteiger partial charge in [-0.15, -0.1) is 0 Å². The molecule has 3 aromatic carbocycles. The third-order valence-electron chi connectivity index (χ3n) is 4.84. The molecule has 0 radical (unpaired) electrons. The van der Waals surface area contributed by atoms with Crippen LogP contribution in [0.3, 0.4) is 0 Å². The zero-order chi connectivity index (χ0) is 23.1. The molecule has 0 aliphatic carbocycles. The van der Waals surface area contributed by atoms with Gasteiger partial charge in [0.25, 0.3) is 0 Å². The monoisotopic (exact) mass is 472 g/mol. The fourth-order valence-electron chi connectivity index (χ4n) is 2.92. The van der Waals surface area contributed by atoms with Crippen LogP contribution in [0.15, 0.2) is 60.7 Å². The molecule has 0 fully saturated rings. The van der Waals surface area contributed by atoms with Crippen molar-refractivity contribution in [3.05, 3.63) is 81.8 Å². The molecule has 5 nitrogen and oxygen atoms in total. The molecule has 0 heterocycles. The van der Waals surface area contributed by atoms with Crippen LogP contribution in [0.1, 0.15) is 25.0 Å². The number of amides is 1. The molecule has 3 aromatic rings. The maximum absolute atomic E-state index is 11.8. The molecule has 3 rings (SSSR count). The first-order valence-electron chi connectivity index (χ1n) is 10.2. The predicted octanol–water partition coefficient (Wildman–Crippen LogP) is 6.79. The zero-order valence-electron chi connectivity index (χ0n) is 18.2. The Morgan fingerprint density at radius 2 is 1.59 bits per heavy atom. The summed E-state index contributed by atoms with van der Waals surface area (Å²) in [6.45, 7) is 4.57. The third-order valence-corrected chi connectivity index (χ3v) is 5.54. The van der Waals surface area contributed by atoms with E-state index in [1.54, 1.807) is 25.3 Å². The Labute approximate surface area is 198 Å². The van der Waals surface area contributed by atoms with Gasteiger partial charge in [-0.25, -0.2) is 0 Å². The highest BCUT2D eigenvalue weighted by atomic mass is 35.5. The maximum Gasteiger partial charge on any atom is 0.226 e. The second kappa shape index (κ2) is 11.1. The Bertz CT molecular complexity index is 1050. The number of benzene rings is 3. The molecule has 0 unspecified atom stereocenters. The quantitative estimate of drug-likeness (QED) is 0.359. The molecule has 0 aliphatic heterocycles. The summed E-state index contributed by atoms with van der Waals surface area (Å²) in [5.41, 5.74) is 3.48. The Kier molecular flexibility index (Phi) is 8.26. The molecule has 0 atom stereocenters. The summed E-state index contributed by atoms with van der Waals surface area (Å²) in [6.07, 6.45) is 0. The normalized spacial score (nSPS) is 10.7. The molecule has 1 amide bonds. The van der Waals surface area contributed by atoms with E-state index in [2.05, 4.69) is 10.6 Å². The van der Waals surface area contributed by atoms with Gasteiger partial charge in [-0.2, -0.15) is 0 Å². The van der Waals surface area contributed by atoms with Crippen LogP contribution in [0, 0.1) is 5.92 Å². The van der Waals surface area contributed by atoms with E-state index in [9.17, 15) is 4.79 Å². The van der Waals surface area contributed by atoms with Gasteiger partial charge in [-0.1, -0.05) is 49.2 Å². The zero-order valence-corrected chi connectivity index (χ0v) is 19.8. The van der Waals surface area contributed by atoms with Gasteiger partial charge in [0.2, 0.25) is 5.91 Å². The van der Waals surface area contributed by atoms with E-state index in [1.165, 1.54) is 0 Å². The van der Waals surface area contributed by atoms with Crippen molar-refractivity contribution in [1.82, 2.24) is 0 Å². The lowest BCUT2D eigenvalue weighted by Crippen LogP contribution is -2.17. The van der Waals surface area contributed by atoms with Gasteiger partial charge >= 0.3 is 0 Å². The van der Waals surface area contributed by atoms with Gasteiger partial charge in [0.1, 0.15) is 6.61 Å². The van der Waals surface area contributed by atoms with Crippen molar-refractivity contribution in [3.8, 4) is 11.5 Å². The summed E-state index contributed by atoms with van der Waals surface area (Å²) in [5, 5.41) is 7.37. The van der Waals surface area contributed by atoms with Crippen molar-refractivity contribution in [3.63, 3.8) is 0 Å². The number of rotatable bonds is 9. The van der Waals surface area contributed by atoms with E-state index in [4.69, 9.17) is 32.7 Å². The molecular weight excluding hydrogens is 447 g/mol. The molecule has 168 valence electrons. The van der Waals surface area contributed by atoms with E-state index in [1.807, 2.05) is 56.3 Å². The predicted molar refractivity (Wildman–Crippen MR) is 131 cm³/mol. The van der Waals surface area contributed by atoms with Crippen LogP contribution >= 0.6 is 23.2 Å². The average Bonchev–Trinajstić information content (AvgIpc) is 2.78. The molecule has 0 spiro atoms. The molecule has 0 aliphatic rings. The van der Waals surface area contributed by atoms with E-state index < -0.39 is 0 Å². The van der Waals surface area contributed by atoms with Gasteiger partial charge in [-0.3, -0.25) is 4.79 Å². The first kappa shape index (κ1) is 23.8. The number of ether oxygens (including phenoxy) is 2. The summed E-state index contributed by atoms with van der Waals surface area (Å²) < 4.78 is 11.4. The summed E-state index contributed by atoms with van der Waals surface area (Å²) in [4.78, 5) is 11.8. The maximum atomic E-state index is 11.8. The number of carbonyl (C=O) groups excluding carboxylic acids is 1. The third kappa shape index (κ3) is 6.31. The van der Waals surface area contributed by atoms with Crippen LogP contribution in [0.2, 0.25) is 10.0 Å². The summed E-state index contributed by atoms with van der Waals surface area (Å²) in [7, 11) is 1.60. The Hall–Kier alpha value is -2.89. The van der Waals surface area contributed by atoms with Crippen LogP contribution in [0.25, 0.3) is 0 Å². The fraction of sp³-hybridized carbons (Fsp3) is 0.240. The minimum Gasteiger partial charge on any atom is -0.493 e. The molecule has 2 N–H and O–H groups in total. The lowest BCUT2D eigenvalue weighted by molar-refractivity contribution is -0.118. The van der Waals surface area contributed by atoms with E-state index in [0.29, 0.717) is 28.1 Å². The lowest BCUT2D eigenvalue weighted by atomic mass is 10.2. The van der Waals surface area contributed by atoms with Crippen LogP contribution in [0.5, 0.6) is 11.5 Å². The number of methoxy groups -OCH3 is 1. The number of halogens is 2. The highest BCUT2D eigenvalue weighted by Gasteiger charge is 2.11. The van der Waals surface area contributed by atoms with Gasteiger partial charge in [0, 0.05) is 39.4 Å². The van der Waals surface area contributed by atoms with Crippen LogP contribution < -0.4 is 20.1 Å². The van der Waals surface area contributed by atoms with Crippen molar-refractivity contribution in [2.45, 2.75) is 27.0 Å². The largest absolute Gasteiger partial charge is 0.493 e. The van der Waals surface area contributed by atoms with Crippen LogP contribution in [-0.4, -0.2) is 13.0 Å². The molecule has 0 saturated carbocycles. The summed E-state index contributed by atoms with van der Waals surface area (Å²) >= 11 is 12.4. The van der Waals surface area contributed by atoms with E-state index >= 15 is 0 Å². The second-order valence-corrected chi connectivity index (χ2v) is 8.36. The lowest BCUT2D eigenvalue weighted by Gasteiger charge is -2.14. The summed E-state index contributed by atoms with van der Waals surface area (Å²) in [5.74, 6) is 1.17.